The van der Waals surface area contributed by atoms with Crippen LogP contribution < -0.4 is 10.1 Å². The van der Waals surface area contributed by atoms with Crippen molar-refractivity contribution in [2.24, 2.45) is 0 Å². The molecule has 5 heteroatoms. The summed E-state index contributed by atoms with van der Waals surface area (Å²) >= 11 is 11.9. The Balaban J connectivity index is 1.87. The molecule has 1 N–H and O–H groups in total. The molecular formula is C19H17Cl2NO2. The second kappa shape index (κ2) is 6.15. The summed E-state index contributed by atoms with van der Waals surface area (Å²) in [6.07, 6.45) is 2.15. The number of esters is 1. The lowest BCUT2D eigenvalue weighted by Gasteiger charge is -2.31. The van der Waals surface area contributed by atoms with Crippen LogP contribution in [0.4, 0.5) is 5.69 Å². The largest absolute Gasteiger partial charge is 0.423 e. The van der Waals surface area contributed by atoms with Crippen LogP contribution in [0, 0.1) is 0 Å². The molecule has 0 aliphatic carbocycles. The van der Waals surface area contributed by atoms with Gasteiger partial charge in [0.15, 0.2) is 0 Å². The van der Waals surface area contributed by atoms with E-state index in [0.29, 0.717) is 10.8 Å². The van der Waals surface area contributed by atoms with E-state index in [2.05, 4.69) is 25.2 Å². The molecule has 0 spiro atoms. The van der Waals surface area contributed by atoms with Crippen LogP contribution in [0.2, 0.25) is 10.0 Å². The van der Waals surface area contributed by atoms with E-state index in [-0.39, 0.29) is 16.1 Å². The van der Waals surface area contributed by atoms with Crippen molar-refractivity contribution in [3.05, 3.63) is 63.6 Å². The van der Waals surface area contributed by atoms with Gasteiger partial charge in [-0.1, -0.05) is 29.3 Å². The fraction of sp³-hybridized carbons (Fsp3) is 0.211. The molecule has 1 aliphatic heterocycles. The van der Waals surface area contributed by atoms with Gasteiger partial charge in [0.25, 0.3) is 0 Å². The predicted octanol–water partition coefficient (Wildman–Crippen LogP) is 5.82. The van der Waals surface area contributed by atoms with Crippen molar-refractivity contribution in [1.82, 2.24) is 0 Å². The van der Waals surface area contributed by atoms with E-state index in [0.717, 1.165) is 16.8 Å². The summed E-state index contributed by atoms with van der Waals surface area (Å²) in [6, 6.07) is 10.2. The second-order valence-corrected chi connectivity index (χ2v) is 7.24. The molecule has 0 saturated heterocycles. The van der Waals surface area contributed by atoms with Crippen molar-refractivity contribution in [2.75, 3.05) is 5.32 Å². The zero-order valence-corrected chi connectivity index (χ0v) is 15.1. The summed E-state index contributed by atoms with van der Waals surface area (Å²) in [4.78, 5) is 12.3. The van der Waals surface area contributed by atoms with Gasteiger partial charge < -0.3 is 10.1 Å². The zero-order chi connectivity index (χ0) is 17.5. The van der Waals surface area contributed by atoms with Crippen LogP contribution in [0.25, 0.3) is 5.57 Å². The molecule has 124 valence electrons. The molecule has 0 atom stereocenters. The Bertz CT molecular complexity index is 856. The van der Waals surface area contributed by atoms with Crippen LogP contribution in [0.5, 0.6) is 5.75 Å². The maximum absolute atomic E-state index is 12.3. The minimum atomic E-state index is -0.512. The Morgan fingerprint density at radius 3 is 2.58 bits per heavy atom. The first kappa shape index (κ1) is 16.9. The molecular weight excluding hydrogens is 345 g/mol. The van der Waals surface area contributed by atoms with Gasteiger partial charge in [0.2, 0.25) is 0 Å². The summed E-state index contributed by atoms with van der Waals surface area (Å²) in [7, 11) is 0. The Morgan fingerprint density at radius 1 is 1.12 bits per heavy atom. The second-order valence-electron chi connectivity index (χ2n) is 6.40. The molecule has 0 saturated carbocycles. The van der Waals surface area contributed by atoms with E-state index in [1.165, 1.54) is 6.07 Å². The number of anilines is 1. The standard InChI is InChI=1S/C19H17Cl2NO2/c1-11-10-19(2,3)22-17-7-5-13(9-15(11)17)24-18(23)14-6-4-12(20)8-16(14)21/h4-10,22H,1-3H3. The number of hydrogen-bond acceptors (Lipinski definition) is 3. The third-order valence-electron chi connectivity index (χ3n) is 3.81. The summed E-state index contributed by atoms with van der Waals surface area (Å²) in [5.41, 5.74) is 3.35. The van der Waals surface area contributed by atoms with Crippen molar-refractivity contribution in [2.45, 2.75) is 26.3 Å². The average molecular weight is 362 g/mol. The number of nitrogens with one attached hydrogen (secondary N) is 1. The predicted molar refractivity (Wildman–Crippen MR) is 99.2 cm³/mol. The molecule has 2 aromatic carbocycles. The van der Waals surface area contributed by atoms with Gasteiger partial charge in [-0.25, -0.2) is 4.79 Å². The van der Waals surface area contributed by atoms with E-state index >= 15 is 0 Å². The lowest BCUT2D eigenvalue weighted by molar-refractivity contribution is 0.0735. The van der Waals surface area contributed by atoms with E-state index in [1.807, 2.05) is 19.1 Å². The highest BCUT2D eigenvalue weighted by Gasteiger charge is 2.23. The third kappa shape index (κ3) is 3.42. The number of benzene rings is 2. The maximum atomic E-state index is 12.3. The van der Waals surface area contributed by atoms with Crippen LogP contribution in [-0.4, -0.2) is 11.5 Å². The van der Waals surface area contributed by atoms with E-state index in [9.17, 15) is 4.79 Å². The summed E-state index contributed by atoms with van der Waals surface area (Å²) in [6.45, 7) is 6.26. The molecule has 1 aliphatic rings. The van der Waals surface area contributed by atoms with Gasteiger partial charge in [0.1, 0.15) is 5.75 Å². The number of carbonyl (C=O) groups excluding carboxylic acids is 1. The number of hydrogen-bond donors (Lipinski definition) is 1. The van der Waals surface area contributed by atoms with Gasteiger partial charge in [0, 0.05) is 16.3 Å². The Kier molecular flexibility index (Phi) is 4.33. The fourth-order valence-electron chi connectivity index (χ4n) is 2.84. The molecule has 0 aromatic heterocycles. The van der Waals surface area contributed by atoms with Crippen LogP contribution in [-0.2, 0) is 0 Å². The topological polar surface area (TPSA) is 38.3 Å². The van der Waals surface area contributed by atoms with Crippen LogP contribution in [0.1, 0.15) is 36.7 Å². The molecule has 0 fully saturated rings. The highest BCUT2D eigenvalue weighted by molar-refractivity contribution is 6.36. The van der Waals surface area contributed by atoms with Crippen molar-refractivity contribution >= 4 is 40.4 Å². The molecule has 1 heterocycles. The summed E-state index contributed by atoms with van der Waals surface area (Å²) in [5.74, 6) is -0.0404. The van der Waals surface area contributed by atoms with Crippen LogP contribution in [0.3, 0.4) is 0 Å². The average Bonchev–Trinajstić information content (AvgIpc) is 2.46. The Labute approximate surface area is 151 Å². The normalized spacial score (nSPS) is 15.1. The summed E-state index contributed by atoms with van der Waals surface area (Å²) < 4.78 is 5.47. The Morgan fingerprint density at radius 2 is 1.88 bits per heavy atom. The fourth-order valence-corrected chi connectivity index (χ4v) is 3.33. The number of halogens is 2. The van der Waals surface area contributed by atoms with E-state index in [1.54, 1.807) is 18.2 Å². The number of rotatable bonds is 2. The van der Waals surface area contributed by atoms with Gasteiger partial charge in [-0.2, -0.15) is 0 Å². The van der Waals surface area contributed by atoms with Crippen molar-refractivity contribution in [3.63, 3.8) is 0 Å². The van der Waals surface area contributed by atoms with Gasteiger partial charge in [-0.3, -0.25) is 0 Å². The van der Waals surface area contributed by atoms with Crippen LogP contribution in [0.15, 0.2) is 42.5 Å². The maximum Gasteiger partial charge on any atom is 0.345 e. The molecule has 2 aromatic rings. The van der Waals surface area contributed by atoms with E-state index < -0.39 is 5.97 Å². The zero-order valence-electron chi connectivity index (χ0n) is 13.6. The lowest BCUT2D eigenvalue weighted by Crippen LogP contribution is -2.31. The summed E-state index contributed by atoms with van der Waals surface area (Å²) in [5, 5.41) is 4.18. The van der Waals surface area contributed by atoms with Crippen molar-refractivity contribution in [1.29, 1.82) is 0 Å². The number of allylic oxidation sites excluding steroid dienone is 1. The number of carbonyl (C=O) groups is 1. The van der Waals surface area contributed by atoms with Gasteiger partial charge in [0.05, 0.1) is 16.1 Å². The molecule has 0 unspecified atom stereocenters. The number of fused-ring (bicyclic) bond motifs is 1. The molecule has 3 rings (SSSR count). The third-order valence-corrected chi connectivity index (χ3v) is 4.36. The lowest BCUT2D eigenvalue weighted by atomic mass is 9.91. The highest BCUT2D eigenvalue weighted by Crippen LogP contribution is 2.36. The molecule has 24 heavy (non-hydrogen) atoms. The van der Waals surface area contributed by atoms with Crippen molar-refractivity contribution in [3.8, 4) is 5.75 Å². The molecule has 0 radical (unpaired) electrons. The SMILES string of the molecule is CC1=CC(C)(C)Nc2ccc(OC(=O)c3ccc(Cl)cc3Cl)cc21. The van der Waals surface area contributed by atoms with E-state index in [4.69, 9.17) is 27.9 Å². The smallest absolute Gasteiger partial charge is 0.345 e. The molecule has 0 amide bonds. The van der Waals surface area contributed by atoms with Gasteiger partial charge >= 0.3 is 5.97 Å². The quantitative estimate of drug-likeness (QED) is 0.540. The van der Waals surface area contributed by atoms with Crippen molar-refractivity contribution < 1.29 is 9.53 Å². The highest BCUT2D eigenvalue weighted by atomic mass is 35.5. The van der Waals surface area contributed by atoms with Gasteiger partial charge in [-0.05, 0) is 62.7 Å². The van der Waals surface area contributed by atoms with Crippen LogP contribution >= 0.6 is 23.2 Å². The first-order valence-corrected chi connectivity index (χ1v) is 8.30. The Hall–Kier alpha value is -1.97. The molecule has 3 nitrogen and oxygen atoms in total. The van der Waals surface area contributed by atoms with Gasteiger partial charge in [-0.15, -0.1) is 0 Å². The molecule has 0 bridgehead atoms. The minimum absolute atomic E-state index is 0.105. The number of ether oxygens (including phenoxy) is 1. The first-order chi connectivity index (χ1) is 11.2. The first-order valence-electron chi connectivity index (χ1n) is 7.54. The minimum Gasteiger partial charge on any atom is -0.423 e. The monoisotopic (exact) mass is 361 g/mol.